The second kappa shape index (κ2) is 4.99. The summed E-state index contributed by atoms with van der Waals surface area (Å²) in [6.45, 7) is 1.02. The largest absolute Gasteiger partial charge is 0.378 e. The minimum atomic E-state index is 0.627. The zero-order valence-corrected chi connectivity index (χ0v) is 8.63. The van der Waals surface area contributed by atoms with Gasteiger partial charge in [-0.3, -0.25) is 0 Å². The molecule has 2 rings (SSSR count). The van der Waals surface area contributed by atoms with Crippen LogP contribution in [-0.4, -0.2) is 12.7 Å². The van der Waals surface area contributed by atoms with Crippen molar-refractivity contribution in [2.45, 2.75) is 63.9 Å². The Balaban J connectivity index is 1.60. The predicted octanol–water partition coefficient (Wildman–Crippen LogP) is 3.53. The SMILES string of the molecule is C1CCC(CCC2CCCO2)CC1. The summed E-state index contributed by atoms with van der Waals surface area (Å²) in [6.07, 6.45) is 13.5. The Hall–Kier alpha value is -0.0400. The van der Waals surface area contributed by atoms with E-state index in [0.29, 0.717) is 6.10 Å². The van der Waals surface area contributed by atoms with Crippen LogP contribution in [0.4, 0.5) is 0 Å². The Morgan fingerprint density at radius 1 is 0.846 bits per heavy atom. The van der Waals surface area contributed by atoms with Crippen molar-refractivity contribution in [1.82, 2.24) is 0 Å². The van der Waals surface area contributed by atoms with Crippen molar-refractivity contribution in [1.29, 1.82) is 0 Å². The molecular weight excluding hydrogens is 160 g/mol. The van der Waals surface area contributed by atoms with E-state index >= 15 is 0 Å². The van der Waals surface area contributed by atoms with E-state index in [1.165, 1.54) is 57.8 Å². The van der Waals surface area contributed by atoms with Crippen LogP contribution in [0.15, 0.2) is 0 Å². The van der Waals surface area contributed by atoms with E-state index in [0.717, 1.165) is 12.5 Å². The van der Waals surface area contributed by atoms with Gasteiger partial charge in [-0.15, -0.1) is 0 Å². The first-order chi connectivity index (χ1) is 6.45. The third-order valence-corrected chi connectivity index (χ3v) is 3.65. The molecule has 0 aromatic carbocycles. The van der Waals surface area contributed by atoms with Gasteiger partial charge in [0.05, 0.1) is 6.10 Å². The summed E-state index contributed by atoms with van der Waals surface area (Å²) in [6, 6.07) is 0. The lowest BCUT2D eigenvalue weighted by atomic mass is 9.85. The molecule has 0 spiro atoms. The van der Waals surface area contributed by atoms with Crippen LogP contribution in [0, 0.1) is 5.92 Å². The smallest absolute Gasteiger partial charge is 0.0576 e. The van der Waals surface area contributed by atoms with Gasteiger partial charge in [-0.25, -0.2) is 0 Å². The van der Waals surface area contributed by atoms with Crippen molar-refractivity contribution in [3.63, 3.8) is 0 Å². The maximum atomic E-state index is 5.64. The number of hydrogen-bond donors (Lipinski definition) is 0. The van der Waals surface area contributed by atoms with Gasteiger partial charge in [0, 0.05) is 6.61 Å². The van der Waals surface area contributed by atoms with Gasteiger partial charge in [0.2, 0.25) is 0 Å². The standard InChI is InChI=1S/C12H22O/c1-2-5-11(6-3-1)8-9-12-7-4-10-13-12/h11-12H,1-10H2. The fraction of sp³-hybridized carbons (Fsp3) is 1.00. The van der Waals surface area contributed by atoms with E-state index in [1.807, 2.05) is 0 Å². The maximum absolute atomic E-state index is 5.64. The Labute approximate surface area is 81.9 Å². The highest BCUT2D eigenvalue weighted by Gasteiger charge is 2.19. The monoisotopic (exact) mass is 182 g/mol. The van der Waals surface area contributed by atoms with Crippen molar-refractivity contribution in [2.24, 2.45) is 5.92 Å². The van der Waals surface area contributed by atoms with Crippen LogP contribution in [-0.2, 0) is 4.74 Å². The highest BCUT2D eigenvalue weighted by atomic mass is 16.5. The second-order valence-electron chi connectivity index (χ2n) is 4.72. The third-order valence-electron chi connectivity index (χ3n) is 3.65. The van der Waals surface area contributed by atoms with Crippen molar-refractivity contribution in [3.05, 3.63) is 0 Å². The van der Waals surface area contributed by atoms with Gasteiger partial charge < -0.3 is 4.74 Å². The summed E-state index contributed by atoms with van der Waals surface area (Å²) in [5, 5.41) is 0. The van der Waals surface area contributed by atoms with Crippen LogP contribution in [0.3, 0.4) is 0 Å². The molecule has 0 N–H and O–H groups in total. The molecule has 2 fully saturated rings. The summed E-state index contributed by atoms with van der Waals surface area (Å²) >= 11 is 0. The summed E-state index contributed by atoms with van der Waals surface area (Å²) in [5.74, 6) is 1.04. The molecule has 1 aliphatic heterocycles. The molecule has 1 atom stereocenters. The van der Waals surface area contributed by atoms with Gasteiger partial charge in [0.15, 0.2) is 0 Å². The van der Waals surface area contributed by atoms with Crippen molar-refractivity contribution >= 4 is 0 Å². The van der Waals surface area contributed by atoms with Gasteiger partial charge in [-0.1, -0.05) is 32.1 Å². The van der Waals surface area contributed by atoms with Gasteiger partial charge in [-0.2, -0.15) is 0 Å². The van der Waals surface area contributed by atoms with E-state index < -0.39 is 0 Å². The summed E-state index contributed by atoms with van der Waals surface area (Å²) in [7, 11) is 0. The molecule has 0 amide bonds. The molecule has 76 valence electrons. The van der Waals surface area contributed by atoms with Crippen molar-refractivity contribution in [3.8, 4) is 0 Å². The summed E-state index contributed by atoms with van der Waals surface area (Å²) < 4.78 is 5.64. The highest BCUT2D eigenvalue weighted by Crippen LogP contribution is 2.29. The van der Waals surface area contributed by atoms with Crippen LogP contribution in [0.5, 0.6) is 0 Å². The molecule has 1 nitrogen and oxygen atoms in total. The molecule has 0 aromatic heterocycles. The minimum absolute atomic E-state index is 0.627. The zero-order valence-electron chi connectivity index (χ0n) is 8.63. The second-order valence-corrected chi connectivity index (χ2v) is 4.72. The molecule has 1 heteroatoms. The molecule has 1 saturated carbocycles. The molecule has 1 saturated heterocycles. The van der Waals surface area contributed by atoms with Gasteiger partial charge in [-0.05, 0) is 31.6 Å². The van der Waals surface area contributed by atoms with Crippen LogP contribution in [0.2, 0.25) is 0 Å². The quantitative estimate of drug-likeness (QED) is 0.649. The number of ether oxygens (including phenoxy) is 1. The third kappa shape index (κ3) is 2.98. The number of rotatable bonds is 3. The topological polar surface area (TPSA) is 9.23 Å². The van der Waals surface area contributed by atoms with Gasteiger partial charge in [0.25, 0.3) is 0 Å². The lowest BCUT2D eigenvalue weighted by Gasteiger charge is -2.22. The molecule has 1 heterocycles. The normalized spacial score (nSPS) is 30.9. The summed E-state index contributed by atoms with van der Waals surface area (Å²) in [5.41, 5.74) is 0. The summed E-state index contributed by atoms with van der Waals surface area (Å²) in [4.78, 5) is 0. The lowest BCUT2D eigenvalue weighted by molar-refractivity contribution is 0.0958. The molecule has 0 bridgehead atoms. The average molecular weight is 182 g/mol. The van der Waals surface area contributed by atoms with E-state index in [-0.39, 0.29) is 0 Å². The fourth-order valence-electron chi connectivity index (χ4n) is 2.77. The van der Waals surface area contributed by atoms with Gasteiger partial charge >= 0.3 is 0 Å². The van der Waals surface area contributed by atoms with E-state index in [4.69, 9.17) is 4.74 Å². The predicted molar refractivity (Wildman–Crippen MR) is 54.8 cm³/mol. The van der Waals surface area contributed by atoms with E-state index in [9.17, 15) is 0 Å². The molecule has 13 heavy (non-hydrogen) atoms. The molecule has 1 unspecified atom stereocenters. The zero-order chi connectivity index (χ0) is 8.93. The first kappa shape index (κ1) is 9.51. The Bertz CT molecular complexity index is 132. The molecule has 0 aromatic rings. The Morgan fingerprint density at radius 2 is 1.69 bits per heavy atom. The van der Waals surface area contributed by atoms with Crippen molar-refractivity contribution in [2.75, 3.05) is 6.61 Å². The Kier molecular flexibility index (Phi) is 3.65. The number of hydrogen-bond acceptors (Lipinski definition) is 1. The molecule has 1 aliphatic carbocycles. The van der Waals surface area contributed by atoms with Gasteiger partial charge in [0.1, 0.15) is 0 Å². The maximum Gasteiger partial charge on any atom is 0.0576 e. The highest BCUT2D eigenvalue weighted by molar-refractivity contribution is 4.70. The first-order valence-corrected chi connectivity index (χ1v) is 6.07. The average Bonchev–Trinajstić information content (AvgIpc) is 2.69. The minimum Gasteiger partial charge on any atom is -0.378 e. The first-order valence-electron chi connectivity index (χ1n) is 6.07. The van der Waals surface area contributed by atoms with Crippen LogP contribution >= 0.6 is 0 Å². The lowest BCUT2D eigenvalue weighted by Crippen LogP contribution is -2.11. The fourth-order valence-corrected chi connectivity index (χ4v) is 2.77. The van der Waals surface area contributed by atoms with Crippen LogP contribution in [0.25, 0.3) is 0 Å². The van der Waals surface area contributed by atoms with Crippen LogP contribution in [0.1, 0.15) is 57.8 Å². The van der Waals surface area contributed by atoms with Crippen molar-refractivity contribution < 1.29 is 4.74 Å². The Morgan fingerprint density at radius 3 is 2.38 bits per heavy atom. The molecule has 2 aliphatic rings. The van der Waals surface area contributed by atoms with E-state index in [1.54, 1.807) is 0 Å². The molecular formula is C12H22O. The van der Waals surface area contributed by atoms with E-state index in [2.05, 4.69) is 0 Å². The molecule has 0 radical (unpaired) electrons. The van der Waals surface area contributed by atoms with Crippen LogP contribution < -0.4 is 0 Å².